The van der Waals surface area contributed by atoms with Gasteiger partial charge in [0.15, 0.2) is 11.5 Å². The van der Waals surface area contributed by atoms with Crippen molar-refractivity contribution in [3.63, 3.8) is 0 Å². The number of hydrogen-bond donors (Lipinski definition) is 1. The first-order valence-corrected chi connectivity index (χ1v) is 7.44. The fourth-order valence-corrected chi connectivity index (χ4v) is 2.97. The first-order chi connectivity index (χ1) is 10.5. The maximum atomic E-state index is 12.6. The largest absolute Gasteiger partial charge is 0.454 e. The zero-order valence-electron chi connectivity index (χ0n) is 12.6. The predicted octanol–water partition coefficient (Wildman–Crippen LogP) is 3.13. The number of halogens is 4. The maximum Gasteiger partial charge on any atom is 0.389 e. The first-order valence-electron chi connectivity index (χ1n) is 7.44. The highest BCUT2D eigenvalue weighted by Crippen LogP contribution is 2.38. The minimum Gasteiger partial charge on any atom is -0.454 e. The molecule has 0 unspecified atom stereocenters. The fourth-order valence-electron chi connectivity index (χ4n) is 2.97. The average molecular weight is 353 g/mol. The lowest BCUT2D eigenvalue weighted by atomic mass is 9.98. The van der Waals surface area contributed by atoms with Gasteiger partial charge in [-0.25, -0.2) is 0 Å². The normalized spacial score (nSPS) is 19.3. The zero-order valence-corrected chi connectivity index (χ0v) is 13.4. The lowest BCUT2D eigenvalue weighted by Gasteiger charge is -2.35. The number of rotatable bonds is 4. The van der Waals surface area contributed by atoms with Crippen molar-refractivity contribution in [3.05, 3.63) is 23.8 Å². The number of nitrogens with one attached hydrogen (secondary N) is 1. The van der Waals surface area contributed by atoms with E-state index in [1.165, 1.54) is 0 Å². The van der Waals surface area contributed by atoms with Gasteiger partial charge in [-0.1, -0.05) is 6.07 Å². The summed E-state index contributed by atoms with van der Waals surface area (Å²) >= 11 is 0. The summed E-state index contributed by atoms with van der Waals surface area (Å²) in [6, 6.07) is 5.18. The summed E-state index contributed by atoms with van der Waals surface area (Å²) < 4.78 is 48.5. The molecule has 0 aliphatic carbocycles. The molecule has 3 rings (SSSR count). The summed E-state index contributed by atoms with van der Waals surface area (Å²) in [4.78, 5) is 2.11. The van der Waals surface area contributed by atoms with Crippen LogP contribution in [0.1, 0.15) is 24.4 Å². The number of hydrogen-bond acceptors (Lipinski definition) is 4. The lowest BCUT2D eigenvalue weighted by Crippen LogP contribution is -2.45. The van der Waals surface area contributed by atoms with Crippen LogP contribution in [0, 0.1) is 0 Å². The predicted molar refractivity (Wildman–Crippen MR) is 82.3 cm³/mol. The van der Waals surface area contributed by atoms with Crippen LogP contribution in [0.3, 0.4) is 0 Å². The number of fused-ring (bicyclic) bond motifs is 1. The van der Waals surface area contributed by atoms with Gasteiger partial charge >= 0.3 is 6.18 Å². The van der Waals surface area contributed by atoms with Crippen molar-refractivity contribution in [3.8, 4) is 11.5 Å². The Morgan fingerprint density at radius 3 is 2.52 bits per heavy atom. The standard InChI is InChI=1S/C15H19F3N2O2.ClH/c16-15(17,18)4-3-12(20-7-5-19-6-8-20)11-1-2-13-14(9-11)22-10-21-13;/h1-2,9,12,19H,3-8,10H2;1H/t12-;/m1./s1. The second kappa shape index (κ2) is 7.59. The molecule has 1 aromatic rings. The number of benzene rings is 1. The molecule has 0 spiro atoms. The third-order valence-corrected chi connectivity index (χ3v) is 4.08. The van der Waals surface area contributed by atoms with Gasteiger partial charge in [0.2, 0.25) is 6.79 Å². The highest BCUT2D eigenvalue weighted by molar-refractivity contribution is 5.85. The topological polar surface area (TPSA) is 33.7 Å². The highest BCUT2D eigenvalue weighted by Gasteiger charge is 2.31. The van der Waals surface area contributed by atoms with Crippen LogP contribution in [0.4, 0.5) is 13.2 Å². The third-order valence-electron chi connectivity index (χ3n) is 4.08. The minimum absolute atomic E-state index is 0. The Hall–Kier alpha value is -1.18. The average Bonchev–Trinajstić information content (AvgIpc) is 2.95. The Bertz CT molecular complexity index is 522. The molecule has 2 heterocycles. The number of alkyl halides is 3. The van der Waals surface area contributed by atoms with Crippen LogP contribution in [0.15, 0.2) is 18.2 Å². The Kier molecular flexibility index (Phi) is 6.00. The van der Waals surface area contributed by atoms with Crippen molar-refractivity contribution in [1.29, 1.82) is 0 Å². The molecule has 4 nitrogen and oxygen atoms in total. The minimum atomic E-state index is -4.14. The van der Waals surface area contributed by atoms with Gasteiger partial charge in [0.25, 0.3) is 0 Å². The van der Waals surface area contributed by atoms with Crippen molar-refractivity contribution in [2.24, 2.45) is 0 Å². The van der Waals surface area contributed by atoms with Gasteiger partial charge in [-0.15, -0.1) is 12.4 Å². The van der Waals surface area contributed by atoms with Crippen LogP contribution in [0.2, 0.25) is 0 Å². The smallest absolute Gasteiger partial charge is 0.389 e. The molecular formula is C15H20ClF3N2O2. The Morgan fingerprint density at radius 1 is 1.13 bits per heavy atom. The summed E-state index contributed by atoms with van der Waals surface area (Å²) in [7, 11) is 0. The molecule has 0 aromatic heterocycles. The van der Waals surface area contributed by atoms with Gasteiger partial charge in [0.1, 0.15) is 0 Å². The SMILES string of the molecule is Cl.FC(F)(F)CC[C@H](c1ccc2c(c1)OCO2)N1CCNCC1. The van der Waals surface area contributed by atoms with Gasteiger partial charge in [-0.2, -0.15) is 13.2 Å². The molecule has 0 bridgehead atoms. The van der Waals surface area contributed by atoms with Crippen LogP contribution in [-0.4, -0.2) is 44.0 Å². The van der Waals surface area contributed by atoms with Gasteiger partial charge in [0.05, 0.1) is 0 Å². The summed E-state index contributed by atoms with van der Waals surface area (Å²) in [5.41, 5.74) is 0.857. The van der Waals surface area contributed by atoms with Crippen LogP contribution >= 0.6 is 12.4 Å². The molecule has 8 heteroatoms. The van der Waals surface area contributed by atoms with Crippen LogP contribution in [-0.2, 0) is 0 Å². The summed E-state index contributed by atoms with van der Waals surface area (Å²) in [6.45, 7) is 3.26. The molecule has 1 atom stereocenters. The fraction of sp³-hybridized carbons (Fsp3) is 0.600. The molecule has 0 saturated carbocycles. The highest BCUT2D eigenvalue weighted by atomic mass is 35.5. The number of nitrogens with zero attached hydrogens (tertiary/aromatic N) is 1. The van der Waals surface area contributed by atoms with E-state index in [4.69, 9.17) is 9.47 Å². The Balaban J connectivity index is 0.00000192. The van der Waals surface area contributed by atoms with E-state index in [1.807, 2.05) is 12.1 Å². The summed E-state index contributed by atoms with van der Waals surface area (Å²) in [5, 5.41) is 3.23. The van der Waals surface area contributed by atoms with Crippen molar-refractivity contribution >= 4 is 12.4 Å². The van der Waals surface area contributed by atoms with Crippen molar-refractivity contribution in [2.75, 3.05) is 33.0 Å². The van der Waals surface area contributed by atoms with Crippen LogP contribution in [0.25, 0.3) is 0 Å². The van der Waals surface area contributed by atoms with E-state index in [0.29, 0.717) is 11.5 Å². The molecule has 23 heavy (non-hydrogen) atoms. The molecule has 1 saturated heterocycles. The van der Waals surface area contributed by atoms with Gasteiger partial charge in [-0.05, 0) is 24.1 Å². The quantitative estimate of drug-likeness (QED) is 0.902. The number of ether oxygens (including phenoxy) is 2. The third kappa shape index (κ3) is 4.65. The van der Waals surface area contributed by atoms with Crippen molar-refractivity contribution in [1.82, 2.24) is 10.2 Å². The molecular weight excluding hydrogens is 333 g/mol. The first kappa shape index (κ1) is 18.2. The molecule has 0 radical (unpaired) electrons. The van der Waals surface area contributed by atoms with E-state index in [0.717, 1.165) is 31.7 Å². The van der Waals surface area contributed by atoms with E-state index >= 15 is 0 Å². The van der Waals surface area contributed by atoms with E-state index in [-0.39, 0.29) is 31.7 Å². The van der Waals surface area contributed by atoms with E-state index < -0.39 is 12.6 Å². The Labute approximate surface area is 139 Å². The molecule has 1 aromatic carbocycles. The number of piperazine rings is 1. The van der Waals surface area contributed by atoms with Crippen molar-refractivity contribution in [2.45, 2.75) is 25.1 Å². The molecule has 1 fully saturated rings. The molecule has 2 aliphatic rings. The van der Waals surface area contributed by atoms with E-state index in [1.54, 1.807) is 6.07 Å². The van der Waals surface area contributed by atoms with Gasteiger partial charge < -0.3 is 14.8 Å². The van der Waals surface area contributed by atoms with Crippen LogP contribution in [0.5, 0.6) is 11.5 Å². The zero-order chi connectivity index (χ0) is 15.6. The summed E-state index contributed by atoms with van der Waals surface area (Å²) in [5.74, 6) is 1.27. The second-order valence-corrected chi connectivity index (χ2v) is 5.57. The lowest BCUT2D eigenvalue weighted by molar-refractivity contribution is -0.138. The van der Waals surface area contributed by atoms with Gasteiger partial charge in [-0.3, -0.25) is 4.90 Å². The van der Waals surface area contributed by atoms with Gasteiger partial charge in [0, 0.05) is 38.6 Å². The van der Waals surface area contributed by atoms with E-state index in [2.05, 4.69) is 10.2 Å². The van der Waals surface area contributed by atoms with Crippen LogP contribution < -0.4 is 14.8 Å². The molecule has 1 N–H and O–H groups in total. The summed E-state index contributed by atoms with van der Waals surface area (Å²) in [6.07, 6.45) is -4.86. The maximum absolute atomic E-state index is 12.6. The van der Waals surface area contributed by atoms with Crippen molar-refractivity contribution < 1.29 is 22.6 Å². The molecule has 130 valence electrons. The molecule has 2 aliphatic heterocycles. The van der Waals surface area contributed by atoms with E-state index in [9.17, 15) is 13.2 Å². The Morgan fingerprint density at radius 2 is 1.83 bits per heavy atom. The molecule has 0 amide bonds. The monoisotopic (exact) mass is 352 g/mol. The second-order valence-electron chi connectivity index (χ2n) is 5.57.